The largest absolute Gasteiger partial charge is 0.336 e. The molecule has 2 N–H and O–H groups in total. The summed E-state index contributed by atoms with van der Waals surface area (Å²) in [5.41, 5.74) is -0.689. The normalized spacial score (nSPS) is 25.2. The van der Waals surface area contributed by atoms with Crippen LogP contribution >= 0.6 is 0 Å². The highest BCUT2D eigenvalue weighted by atomic mass is 19.3. The van der Waals surface area contributed by atoms with Crippen LogP contribution in [-0.4, -0.2) is 71.5 Å². The maximum Gasteiger partial charge on any atom is 0.318 e. The molecule has 1 atom stereocenters. The first-order valence-corrected chi connectivity index (χ1v) is 12.6. The molecule has 0 aromatic heterocycles. The van der Waals surface area contributed by atoms with Crippen LogP contribution < -0.4 is 10.6 Å². The Labute approximate surface area is 195 Å². The van der Waals surface area contributed by atoms with Gasteiger partial charge in [-0.15, -0.1) is 0 Å². The Bertz CT molecular complexity index is 772. The summed E-state index contributed by atoms with van der Waals surface area (Å²) in [6.45, 7) is 5.09. The number of alkyl halides is 2. The van der Waals surface area contributed by atoms with E-state index in [1.807, 2.05) is 6.07 Å². The van der Waals surface area contributed by atoms with Crippen molar-refractivity contribution in [2.75, 3.05) is 26.2 Å². The number of rotatable bonds is 8. The molecule has 2 aliphatic heterocycles. The average molecular weight is 466 g/mol. The van der Waals surface area contributed by atoms with Gasteiger partial charge in [-0.25, -0.2) is 13.6 Å². The molecule has 2 heterocycles. The zero-order chi connectivity index (χ0) is 23.7. The molecule has 4 aliphatic rings. The molecule has 1 spiro atoms. The van der Waals surface area contributed by atoms with E-state index in [4.69, 9.17) is 0 Å². The Balaban J connectivity index is 1.32. The minimum absolute atomic E-state index is 0.276. The predicted octanol–water partition coefficient (Wildman–Crippen LogP) is 3.40. The van der Waals surface area contributed by atoms with Crippen LogP contribution in [0.4, 0.5) is 13.6 Å². The highest BCUT2D eigenvalue weighted by Gasteiger charge is 2.47. The lowest BCUT2D eigenvalue weighted by Crippen LogP contribution is -2.57. The Morgan fingerprint density at radius 3 is 2.21 bits per heavy atom. The second-order valence-corrected chi connectivity index (χ2v) is 10.7. The van der Waals surface area contributed by atoms with Crippen molar-refractivity contribution >= 4 is 11.9 Å². The van der Waals surface area contributed by atoms with E-state index in [1.165, 1.54) is 12.8 Å². The molecule has 184 valence electrons. The minimum Gasteiger partial charge on any atom is -0.336 e. The van der Waals surface area contributed by atoms with E-state index in [9.17, 15) is 23.6 Å². The molecular formula is C24H37F2N5O2. The summed E-state index contributed by atoms with van der Waals surface area (Å²) in [4.78, 5) is 30.0. The summed E-state index contributed by atoms with van der Waals surface area (Å²) >= 11 is 0. The average Bonchev–Trinajstić information content (AvgIpc) is 3.70. The summed E-state index contributed by atoms with van der Waals surface area (Å²) in [7, 11) is 0. The van der Waals surface area contributed by atoms with E-state index >= 15 is 0 Å². The SMILES string of the molecule is CCCC(F)(F)CC(NC(=O)N1CCC2(CC1)CCN(C1CC1)CC2)C(=O)NC1(C#N)CC1. The van der Waals surface area contributed by atoms with Crippen LogP contribution in [0.1, 0.15) is 77.6 Å². The summed E-state index contributed by atoms with van der Waals surface area (Å²) in [6, 6.07) is 1.01. The van der Waals surface area contributed by atoms with Crippen LogP contribution in [0.2, 0.25) is 0 Å². The molecule has 2 aliphatic carbocycles. The number of piperidine rings is 2. The highest BCUT2D eigenvalue weighted by molar-refractivity contribution is 5.88. The van der Waals surface area contributed by atoms with Gasteiger partial charge in [-0.2, -0.15) is 5.26 Å². The van der Waals surface area contributed by atoms with Crippen molar-refractivity contribution in [3.8, 4) is 6.07 Å². The number of carbonyl (C=O) groups excluding carboxylic acids is 2. The molecule has 0 radical (unpaired) electrons. The van der Waals surface area contributed by atoms with E-state index in [1.54, 1.807) is 11.8 Å². The third kappa shape index (κ3) is 5.95. The van der Waals surface area contributed by atoms with Gasteiger partial charge in [0.1, 0.15) is 11.6 Å². The van der Waals surface area contributed by atoms with Crippen molar-refractivity contribution in [3.63, 3.8) is 0 Å². The van der Waals surface area contributed by atoms with Gasteiger partial charge in [0, 0.05) is 32.0 Å². The number of carbonyl (C=O) groups is 2. The Morgan fingerprint density at radius 1 is 1.09 bits per heavy atom. The second kappa shape index (κ2) is 9.36. The van der Waals surface area contributed by atoms with Gasteiger partial charge in [-0.05, 0) is 69.9 Å². The van der Waals surface area contributed by atoms with Crippen LogP contribution in [0, 0.1) is 16.7 Å². The smallest absolute Gasteiger partial charge is 0.318 e. The molecule has 4 fully saturated rings. The quantitative estimate of drug-likeness (QED) is 0.575. The van der Waals surface area contributed by atoms with Crippen molar-refractivity contribution in [3.05, 3.63) is 0 Å². The van der Waals surface area contributed by atoms with E-state index in [0.29, 0.717) is 25.9 Å². The fourth-order valence-electron chi connectivity index (χ4n) is 5.42. The molecule has 9 heteroatoms. The number of hydrogen-bond acceptors (Lipinski definition) is 4. The molecule has 7 nitrogen and oxygen atoms in total. The van der Waals surface area contributed by atoms with E-state index in [0.717, 1.165) is 44.8 Å². The maximum atomic E-state index is 14.4. The molecule has 1 unspecified atom stereocenters. The van der Waals surface area contributed by atoms with Crippen molar-refractivity contribution < 1.29 is 18.4 Å². The maximum absolute atomic E-state index is 14.4. The number of nitrogens with one attached hydrogen (secondary N) is 2. The molecule has 0 aromatic rings. The molecule has 4 rings (SSSR count). The lowest BCUT2D eigenvalue weighted by molar-refractivity contribution is -0.126. The summed E-state index contributed by atoms with van der Waals surface area (Å²) in [5.74, 6) is -3.76. The molecule has 33 heavy (non-hydrogen) atoms. The van der Waals surface area contributed by atoms with E-state index < -0.39 is 35.9 Å². The number of hydrogen-bond donors (Lipinski definition) is 2. The molecule has 0 aromatic carbocycles. The standard InChI is InChI=1S/C24H37F2N5O2/c1-2-5-24(25,26)16-19(20(32)29-23(17-27)6-7-23)28-21(33)31-14-10-22(11-15-31)8-12-30(13-9-22)18-3-4-18/h18-19H,2-16H2,1H3,(H,28,33)(H,29,32). The van der Waals surface area contributed by atoms with E-state index in [2.05, 4.69) is 15.5 Å². The van der Waals surface area contributed by atoms with Gasteiger partial charge >= 0.3 is 6.03 Å². The second-order valence-electron chi connectivity index (χ2n) is 10.7. The third-order valence-corrected chi connectivity index (χ3v) is 8.09. The fourth-order valence-corrected chi connectivity index (χ4v) is 5.42. The number of halogens is 2. The first kappa shape index (κ1) is 24.2. The monoisotopic (exact) mass is 465 g/mol. The van der Waals surface area contributed by atoms with Gasteiger partial charge in [0.2, 0.25) is 5.91 Å². The van der Waals surface area contributed by atoms with Crippen LogP contribution in [-0.2, 0) is 4.79 Å². The Kier molecular flexibility index (Phi) is 6.86. The highest BCUT2D eigenvalue weighted by Crippen LogP contribution is 2.43. The van der Waals surface area contributed by atoms with Crippen LogP contribution in [0.3, 0.4) is 0 Å². The number of amides is 3. The number of nitrogens with zero attached hydrogens (tertiary/aromatic N) is 3. The predicted molar refractivity (Wildman–Crippen MR) is 120 cm³/mol. The summed E-state index contributed by atoms with van der Waals surface area (Å²) in [6.07, 6.45) is 6.98. The summed E-state index contributed by atoms with van der Waals surface area (Å²) < 4.78 is 28.8. The molecule has 2 saturated carbocycles. The summed E-state index contributed by atoms with van der Waals surface area (Å²) in [5, 5.41) is 14.4. The Morgan fingerprint density at radius 2 is 1.70 bits per heavy atom. The number of nitriles is 1. The topological polar surface area (TPSA) is 88.5 Å². The first-order valence-electron chi connectivity index (χ1n) is 12.6. The fraction of sp³-hybridized carbons (Fsp3) is 0.875. The van der Waals surface area contributed by atoms with Crippen molar-refractivity contribution in [2.45, 2.75) is 101 Å². The van der Waals surface area contributed by atoms with Crippen LogP contribution in [0.15, 0.2) is 0 Å². The van der Waals surface area contributed by atoms with Crippen molar-refractivity contribution in [1.29, 1.82) is 5.26 Å². The van der Waals surface area contributed by atoms with Crippen molar-refractivity contribution in [1.82, 2.24) is 20.4 Å². The van der Waals surface area contributed by atoms with E-state index in [-0.39, 0.29) is 18.3 Å². The number of likely N-dealkylation sites (tertiary alicyclic amines) is 2. The minimum atomic E-state index is -3.06. The van der Waals surface area contributed by atoms with Gasteiger partial charge in [-0.3, -0.25) is 4.79 Å². The van der Waals surface area contributed by atoms with Crippen LogP contribution in [0.25, 0.3) is 0 Å². The first-order chi connectivity index (χ1) is 15.7. The van der Waals surface area contributed by atoms with Gasteiger partial charge in [0.15, 0.2) is 0 Å². The number of urea groups is 1. The lowest BCUT2D eigenvalue weighted by atomic mass is 9.71. The molecule has 2 saturated heterocycles. The Hall–Kier alpha value is -1.95. The van der Waals surface area contributed by atoms with Crippen LogP contribution in [0.5, 0.6) is 0 Å². The molecule has 3 amide bonds. The molecule has 0 bridgehead atoms. The third-order valence-electron chi connectivity index (χ3n) is 8.09. The van der Waals surface area contributed by atoms with Gasteiger partial charge in [0.25, 0.3) is 5.92 Å². The zero-order valence-electron chi connectivity index (χ0n) is 19.7. The van der Waals surface area contributed by atoms with Gasteiger partial charge in [0.05, 0.1) is 6.07 Å². The van der Waals surface area contributed by atoms with Gasteiger partial charge < -0.3 is 20.4 Å². The van der Waals surface area contributed by atoms with Crippen molar-refractivity contribution in [2.24, 2.45) is 5.41 Å². The molecular weight excluding hydrogens is 428 g/mol. The zero-order valence-corrected chi connectivity index (χ0v) is 19.7. The lowest BCUT2D eigenvalue weighted by Gasteiger charge is -2.47. The van der Waals surface area contributed by atoms with Gasteiger partial charge in [-0.1, -0.05) is 13.3 Å².